The molecule has 6 nitrogen and oxygen atoms in total. The van der Waals surface area contributed by atoms with Crippen molar-refractivity contribution in [2.75, 3.05) is 12.0 Å². The molecule has 3 aromatic rings. The maximum absolute atomic E-state index is 12.5. The fourth-order valence-corrected chi connectivity index (χ4v) is 2.45. The fraction of sp³-hybridized carbons (Fsp3) is 0.167. The molecule has 0 saturated heterocycles. The summed E-state index contributed by atoms with van der Waals surface area (Å²) in [5, 5.41) is 6.41. The summed E-state index contributed by atoms with van der Waals surface area (Å²) in [5.74, 6) is -1.08. The third kappa shape index (κ3) is 4.08. The number of ether oxygens (including phenoxy) is 1. The van der Waals surface area contributed by atoms with Crippen molar-refractivity contribution < 1.29 is 27.1 Å². The van der Waals surface area contributed by atoms with Crippen LogP contribution in [0.2, 0.25) is 0 Å². The summed E-state index contributed by atoms with van der Waals surface area (Å²) >= 11 is 0. The van der Waals surface area contributed by atoms with Crippen LogP contribution in [0.25, 0.3) is 11.5 Å². The molecule has 0 fully saturated rings. The van der Waals surface area contributed by atoms with Crippen LogP contribution >= 0.6 is 0 Å². The van der Waals surface area contributed by atoms with Gasteiger partial charge in [0.15, 0.2) is 0 Å². The predicted octanol–water partition coefficient (Wildman–Crippen LogP) is 3.93. The lowest BCUT2D eigenvalue weighted by Gasteiger charge is -2.20. The molecule has 0 unspecified atom stereocenters. The number of rotatable bonds is 6. The maximum atomic E-state index is 12.5. The molecular formula is C18H14F3N3O3. The highest BCUT2D eigenvalue weighted by molar-refractivity contribution is 5.78. The zero-order valence-corrected chi connectivity index (χ0v) is 14.1. The van der Waals surface area contributed by atoms with E-state index in [1.807, 2.05) is 0 Å². The first kappa shape index (κ1) is 18.4. The van der Waals surface area contributed by atoms with Gasteiger partial charge in [-0.15, -0.1) is 10.2 Å². The van der Waals surface area contributed by atoms with Gasteiger partial charge in [0.05, 0.1) is 19.3 Å². The Morgan fingerprint density at radius 2 is 1.81 bits per heavy atom. The van der Waals surface area contributed by atoms with Crippen LogP contribution < -0.4 is 9.64 Å². The zero-order valence-electron chi connectivity index (χ0n) is 14.1. The van der Waals surface area contributed by atoms with Gasteiger partial charge in [-0.05, 0) is 29.8 Å². The molecule has 0 bridgehead atoms. The molecule has 0 aliphatic carbocycles. The molecule has 9 heteroatoms. The first-order valence-electron chi connectivity index (χ1n) is 7.77. The third-order valence-electron chi connectivity index (χ3n) is 3.74. The molecule has 3 rings (SSSR count). The van der Waals surface area contributed by atoms with Crippen LogP contribution in [0.15, 0.2) is 52.9 Å². The monoisotopic (exact) mass is 377 g/mol. The summed E-state index contributed by atoms with van der Waals surface area (Å²) in [6.45, 7) is 0.252. The first-order valence-corrected chi connectivity index (χ1v) is 7.77. The van der Waals surface area contributed by atoms with E-state index in [1.54, 1.807) is 48.5 Å². The van der Waals surface area contributed by atoms with E-state index >= 15 is 0 Å². The predicted molar refractivity (Wildman–Crippen MR) is 90.0 cm³/mol. The molecule has 27 heavy (non-hydrogen) atoms. The fourth-order valence-electron chi connectivity index (χ4n) is 2.45. The molecule has 0 N–H and O–H groups in total. The SMILES string of the molecule is COc1ccccc1N(C=O)Cc1ccc(-c2nnc(C(F)(F)F)o2)cc1. The number of methoxy groups -OCH3 is 1. The number of halogens is 3. The van der Waals surface area contributed by atoms with Crippen molar-refractivity contribution in [1.29, 1.82) is 0 Å². The third-order valence-corrected chi connectivity index (χ3v) is 3.74. The number of anilines is 1. The number of para-hydroxylation sites is 2. The van der Waals surface area contributed by atoms with Gasteiger partial charge >= 0.3 is 12.1 Å². The summed E-state index contributed by atoms with van der Waals surface area (Å²) in [6, 6.07) is 13.5. The van der Waals surface area contributed by atoms with Crippen molar-refractivity contribution >= 4 is 12.1 Å². The molecule has 0 saturated carbocycles. The molecule has 0 aliphatic rings. The molecule has 0 spiro atoms. The van der Waals surface area contributed by atoms with Gasteiger partial charge < -0.3 is 14.1 Å². The van der Waals surface area contributed by atoms with Crippen molar-refractivity contribution in [2.24, 2.45) is 0 Å². The van der Waals surface area contributed by atoms with Crippen molar-refractivity contribution in [1.82, 2.24) is 10.2 Å². The molecule has 0 radical (unpaired) electrons. The van der Waals surface area contributed by atoms with Crippen molar-refractivity contribution in [2.45, 2.75) is 12.7 Å². The highest BCUT2D eigenvalue weighted by Gasteiger charge is 2.38. The lowest BCUT2D eigenvalue weighted by molar-refractivity contribution is -0.156. The Bertz CT molecular complexity index is 923. The number of benzene rings is 2. The normalized spacial score (nSPS) is 11.3. The minimum absolute atomic E-state index is 0.231. The van der Waals surface area contributed by atoms with Crippen LogP contribution in [0.4, 0.5) is 18.9 Å². The smallest absolute Gasteiger partial charge is 0.470 e. The van der Waals surface area contributed by atoms with Gasteiger partial charge in [0.25, 0.3) is 0 Å². The van der Waals surface area contributed by atoms with Gasteiger partial charge in [-0.3, -0.25) is 4.79 Å². The summed E-state index contributed by atoms with van der Waals surface area (Å²) in [4.78, 5) is 13.0. The summed E-state index contributed by atoms with van der Waals surface area (Å²) in [5.41, 5.74) is 1.70. The minimum atomic E-state index is -4.69. The van der Waals surface area contributed by atoms with Gasteiger partial charge in [-0.1, -0.05) is 24.3 Å². The number of hydrogen-bond donors (Lipinski definition) is 0. The zero-order chi connectivity index (χ0) is 19.4. The van der Waals surface area contributed by atoms with E-state index < -0.39 is 12.1 Å². The standard InChI is InChI=1S/C18H14F3N3O3/c1-26-15-5-3-2-4-14(15)24(11-25)10-12-6-8-13(9-7-12)16-22-23-17(27-16)18(19,20)21/h2-9,11H,10H2,1H3. The molecule has 0 aliphatic heterocycles. The summed E-state index contributed by atoms with van der Waals surface area (Å²) in [6.07, 6.45) is -4.01. The number of aromatic nitrogens is 2. The Morgan fingerprint density at radius 3 is 2.41 bits per heavy atom. The second kappa shape index (κ2) is 7.48. The van der Waals surface area contributed by atoms with Gasteiger partial charge in [-0.2, -0.15) is 13.2 Å². The van der Waals surface area contributed by atoms with E-state index in [1.165, 1.54) is 12.0 Å². The number of amides is 1. The number of nitrogens with zero attached hydrogens (tertiary/aromatic N) is 3. The highest BCUT2D eigenvalue weighted by atomic mass is 19.4. The lowest BCUT2D eigenvalue weighted by Crippen LogP contribution is -2.20. The Hall–Kier alpha value is -3.36. The summed E-state index contributed by atoms with van der Waals surface area (Å²) < 4.78 is 47.5. The first-order chi connectivity index (χ1) is 12.9. The van der Waals surface area contributed by atoms with Crippen molar-refractivity contribution in [3.05, 3.63) is 60.0 Å². The van der Waals surface area contributed by atoms with Crippen LogP contribution in [0, 0.1) is 0 Å². The van der Waals surface area contributed by atoms with Gasteiger partial charge in [0.2, 0.25) is 12.3 Å². The van der Waals surface area contributed by atoms with E-state index in [9.17, 15) is 18.0 Å². The minimum Gasteiger partial charge on any atom is -0.495 e. The average molecular weight is 377 g/mol. The molecule has 1 aromatic heterocycles. The maximum Gasteiger partial charge on any atom is 0.470 e. The number of hydrogen-bond acceptors (Lipinski definition) is 5. The molecule has 140 valence electrons. The average Bonchev–Trinajstić information content (AvgIpc) is 3.17. The Kier molecular flexibility index (Phi) is 5.11. The topological polar surface area (TPSA) is 68.5 Å². The Labute approximate surface area is 152 Å². The van der Waals surface area contributed by atoms with E-state index in [-0.39, 0.29) is 12.4 Å². The molecule has 1 heterocycles. The van der Waals surface area contributed by atoms with E-state index in [0.29, 0.717) is 23.4 Å². The van der Waals surface area contributed by atoms with Crippen molar-refractivity contribution in [3.8, 4) is 17.2 Å². The largest absolute Gasteiger partial charge is 0.495 e. The Morgan fingerprint density at radius 1 is 1.11 bits per heavy atom. The second-order valence-corrected chi connectivity index (χ2v) is 5.51. The quantitative estimate of drug-likeness (QED) is 0.609. The molecule has 0 atom stereocenters. The van der Waals surface area contributed by atoms with Crippen LogP contribution in [0.3, 0.4) is 0 Å². The van der Waals surface area contributed by atoms with Crippen LogP contribution in [0.5, 0.6) is 5.75 Å². The molecular weight excluding hydrogens is 363 g/mol. The number of alkyl halides is 3. The van der Waals surface area contributed by atoms with Crippen LogP contribution in [-0.4, -0.2) is 23.7 Å². The number of carbonyl (C=O) groups excluding carboxylic acids is 1. The van der Waals surface area contributed by atoms with E-state index in [2.05, 4.69) is 14.6 Å². The number of carbonyl (C=O) groups is 1. The van der Waals surface area contributed by atoms with Gasteiger partial charge in [-0.25, -0.2) is 0 Å². The van der Waals surface area contributed by atoms with Crippen molar-refractivity contribution in [3.63, 3.8) is 0 Å². The van der Waals surface area contributed by atoms with Crippen LogP contribution in [0.1, 0.15) is 11.5 Å². The summed E-state index contributed by atoms with van der Waals surface area (Å²) in [7, 11) is 1.51. The van der Waals surface area contributed by atoms with E-state index in [0.717, 1.165) is 5.56 Å². The second-order valence-electron chi connectivity index (χ2n) is 5.51. The highest BCUT2D eigenvalue weighted by Crippen LogP contribution is 2.31. The van der Waals surface area contributed by atoms with Crippen LogP contribution in [-0.2, 0) is 17.5 Å². The van der Waals surface area contributed by atoms with E-state index in [4.69, 9.17) is 4.74 Å². The molecule has 2 aromatic carbocycles. The molecule has 1 amide bonds. The Balaban J connectivity index is 1.79. The van der Waals surface area contributed by atoms with Gasteiger partial charge in [0.1, 0.15) is 5.75 Å². The van der Waals surface area contributed by atoms with Gasteiger partial charge in [0, 0.05) is 5.56 Å². The lowest BCUT2D eigenvalue weighted by atomic mass is 10.1.